The summed E-state index contributed by atoms with van der Waals surface area (Å²) in [6.07, 6.45) is 0. The number of carbonyl (C=O) groups excluding carboxylic acids is 2. The number of benzene rings is 1. The fraction of sp³-hybridized carbons (Fsp3) is 0.133. The van der Waals surface area contributed by atoms with Crippen LogP contribution in [0.4, 0.5) is 11.4 Å². The number of hydrogen-bond donors (Lipinski definition) is 2. The number of nitrogens with one attached hydrogen (secondary N) is 2. The van der Waals surface area contributed by atoms with Gasteiger partial charge in [-0.1, -0.05) is 6.07 Å². The molecule has 0 aliphatic carbocycles. The van der Waals surface area contributed by atoms with Crippen molar-refractivity contribution in [3.63, 3.8) is 0 Å². The van der Waals surface area contributed by atoms with E-state index in [1.807, 2.05) is 13.0 Å². The van der Waals surface area contributed by atoms with Crippen molar-refractivity contribution in [3.05, 3.63) is 53.9 Å². The van der Waals surface area contributed by atoms with E-state index in [-0.39, 0.29) is 11.8 Å². The smallest absolute Gasteiger partial charge is 0.274 e. The monoisotopic (exact) mass is 269 g/mol. The minimum atomic E-state index is -0.263. The van der Waals surface area contributed by atoms with Gasteiger partial charge in [0, 0.05) is 24.0 Å². The van der Waals surface area contributed by atoms with Crippen molar-refractivity contribution >= 4 is 23.2 Å². The lowest BCUT2D eigenvalue weighted by Crippen LogP contribution is -2.14. The van der Waals surface area contributed by atoms with Crippen LogP contribution in [0, 0.1) is 6.92 Å². The predicted molar refractivity (Wildman–Crippen MR) is 77.7 cm³/mol. The number of anilines is 2. The highest BCUT2D eigenvalue weighted by atomic mass is 16.2. The first-order valence-corrected chi connectivity index (χ1v) is 6.17. The lowest BCUT2D eigenvalue weighted by molar-refractivity contribution is -0.114. The van der Waals surface area contributed by atoms with Crippen LogP contribution in [0.25, 0.3) is 0 Å². The quantitative estimate of drug-likeness (QED) is 0.899. The number of aromatic nitrogens is 1. The van der Waals surface area contributed by atoms with Gasteiger partial charge in [-0.2, -0.15) is 0 Å². The van der Waals surface area contributed by atoms with Crippen LogP contribution in [0.2, 0.25) is 0 Å². The van der Waals surface area contributed by atoms with Crippen LogP contribution in [-0.2, 0) is 4.79 Å². The first-order chi connectivity index (χ1) is 9.54. The Morgan fingerprint density at radius 1 is 0.950 bits per heavy atom. The van der Waals surface area contributed by atoms with Crippen molar-refractivity contribution in [3.8, 4) is 0 Å². The molecule has 0 radical (unpaired) electrons. The van der Waals surface area contributed by atoms with Crippen LogP contribution in [0.15, 0.2) is 42.5 Å². The first-order valence-electron chi connectivity index (χ1n) is 6.17. The van der Waals surface area contributed by atoms with Gasteiger partial charge >= 0.3 is 0 Å². The van der Waals surface area contributed by atoms with E-state index in [9.17, 15) is 9.59 Å². The molecule has 2 aromatic rings. The van der Waals surface area contributed by atoms with Crippen molar-refractivity contribution in [1.29, 1.82) is 0 Å². The minimum Gasteiger partial charge on any atom is -0.326 e. The summed E-state index contributed by atoms with van der Waals surface area (Å²) in [6.45, 7) is 3.28. The van der Waals surface area contributed by atoms with Gasteiger partial charge in [0.05, 0.1) is 0 Å². The number of nitrogens with zero attached hydrogens (tertiary/aromatic N) is 1. The second-order valence-corrected chi connectivity index (χ2v) is 4.38. The number of aryl methyl sites for hydroxylation is 1. The molecular weight excluding hydrogens is 254 g/mol. The fourth-order valence-electron chi connectivity index (χ4n) is 1.70. The molecular formula is C15H15N3O2. The second-order valence-electron chi connectivity index (χ2n) is 4.38. The Bertz CT molecular complexity index is 636. The molecule has 0 fully saturated rings. The van der Waals surface area contributed by atoms with Gasteiger partial charge in [-0.3, -0.25) is 9.59 Å². The summed E-state index contributed by atoms with van der Waals surface area (Å²) in [6, 6.07) is 12.2. The lowest BCUT2D eigenvalue weighted by Gasteiger charge is -2.07. The molecule has 0 bridgehead atoms. The van der Waals surface area contributed by atoms with Gasteiger partial charge in [-0.25, -0.2) is 4.98 Å². The van der Waals surface area contributed by atoms with E-state index in [1.165, 1.54) is 6.92 Å². The Hall–Kier alpha value is -2.69. The Morgan fingerprint density at radius 3 is 2.10 bits per heavy atom. The third-order valence-corrected chi connectivity index (χ3v) is 2.58. The highest BCUT2D eigenvalue weighted by Crippen LogP contribution is 2.14. The van der Waals surface area contributed by atoms with Gasteiger partial charge in [0.1, 0.15) is 5.69 Å². The van der Waals surface area contributed by atoms with E-state index in [0.29, 0.717) is 17.1 Å². The number of pyridine rings is 1. The zero-order chi connectivity index (χ0) is 14.5. The van der Waals surface area contributed by atoms with E-state index in [1.54, 1.807) is 36.4 Å². The minimum absolute atomic E-state index is 0.134. The largest absolute Gasteiger partial charge is 0.326 e. The molecule has 102 valence electrons. The van der Waals surface area contributed by atoms with E-state index in [4.69, 9.17) is 0 Å². The summed E-state index contributed by atoms with van der Waals surface area (Å²) in [5, 5.41) is 5.41. The topological polar surface area (TPSA) is 71.1 Å². The molecule has 0 aliphatic heterocycles. The first kappa shape index (κ1) is 13.7. The molecule has 20 heavy (non-hydrogen) atoms. The van der Waals surface area contributed by atoms with Gasteiger partial charge in [-0.15, -0.1) is 0 Å². The van der Waals surface area contributed by atoms with Crippen LogP contribution < -0.4 is 10.6 Å². The van der Waals surface area contributed by atoms with Gasteiger partial charge in [0.25, 0.3) is 5.91 Å². The van der Waals surface area contributed by atoms with Gasteiger partial charge in [-0.05, 0) is 43.3 Å². The van der Waals surface area contributed by atoms with Crippen molar-refractivity contribution in [2.75, 3.05) is 10.6 Å². The fourth-order valence-corrected chi connectivity index (χ4v) is 1.70. The maximum atomic E-state index is 12.0. The van der Waals surface area contributed by atoms with Gasteiger partial charge in [0.15, 0.2) is 0 Å². The molecule has 1 aromatic carbocycles. The van der Waals surface area contributed by atoms with Crippen LogP contribution >= 0.6 is 0 Å². The van der Waals surface area contributed by atoms with Crippen molar-refractivity contribution in [1.82, 2.24) is 4.98 Å². The molecule has 1 heterocycles. The lowest BCUT2D eigenvalue weighted by atomic mass is 10.2. The Balaban J connectivity index is 2.06. The van der Waals surface area contributed by atoms with Gasteiger partial charge in [0.2, 0.25) is 5.91 Å². The summed E-state index contributed by atoms with van der Waals surface area (Å²) < 4.78 is 0. The molecule has 0 atom stereocenters. The van der Waals surface area contributed by atoms with Crippen LogP contribution in [0.3, 0.4) is 0 Å². The molecule has 0 saturated heterocycles. The molecule has 2 amide bonds. The molecule has 0 saturated carbocycles. The number of rotatable bonds is 3. The highest BCUT2D eigenvalue weighted by molar-refractivity contribution is 6.03. The second kappa shape index (κ2) is 5.97. The number of hydrogen-bond acceptors (Lipinski definition) is 3. The Morgan fingerprint density at radius 2 is 1.55 bits per heavy atom. The average Bonchev–Trinajstić information content (AvgIpc) is 2.40. The Kier molecular flexibility index (Phi) is 4.10. The van der Waals surface area contributed by atoms with Crippen molar-refractivity contribution < 1.29 is 9.59 Å². The summed E-state index contributed by atoms with van der Waals surface area (Å²) in [4.78, 5) is 27.0. The van der Waals surface area contributed by atoms with Crippen molar-refractivity contribution in [2.45, 2.75) is 13.8 Å². The summed E-state index contributed by atoms with van der Waals surface area (Å²) >= 11 is 0. The maximum Gasteiger partial charge on any atom is 0.274 e. The molecule has 0 aliphatic rings. The normalized spacial score (nSPS) is 9.90. The van der Waals surface area contributed by atoms with E-state index in [0.717, 1.165) is 5.69 Å². The number of amides is 2. The van der Waals surface area contributed by atoms with Crippen LogP contribution in [0.1, 0.15) is 23.1 Å². The summed E-state index contributed by atoms with van der Waals surface area (Å²) in [5.74, 6) is -0.397. The molecule has 2 N–H and O–H groups in total. The van der Waals surface area contributed by atoms with Crippen molar-refractivity contribution in [2.24, 2.45) is 0 Å². The molecule has 0 unspecified atom stereocenters. The number of carbonyl (C=O) groups is 2. The zero-order valence-electron chi connectivity index (χ0n) is 11.3. The zero-order valence-corrected chi connectivity index (χ0v) is 11.3. The summed E-state index contributed by atoms with van der Waals surface area (Å²) in [7, 11) is 0. The molecule has 5 heteroatoms. The van der Waals surface area contributed by atoms with E-state index < -0.39 is 0 Å². The van der Waals surface area contributed by atoms with Crippen LogP contribution in [0.5, 0.6) is 0 Å². The maximum absolute atomic E-state index is 12.0. The van der Waals surface area contributed by atoms with Crippen LogP contribution in [-0.4, -0.2) is 16.8 Å². The average molecular weight is 269 g/mol. The predicted octanol–water partition coefficient (Wildman–Crippen LogP) is 2.60. The third kappa shape index (κ3) is 3.65. The molecule has 2 rings (SSSR count). The molecule has 5 nitrogen and oxygen atoms in total. The Labute approximate surface area is 117 Å². The van der Waals surface area contributed by atoms with E-state index in [2.05, 4.69) is 15.6 Å². The van der Waals surface area contributed by atoms with Gasteiger partial charge < -0.3 is 10.6 Å². The highest BCUT2D eigenvalue weighted by Gasteiger charge is 2.07. The molecule has 1 aromatic heterocycles. The third-order valence-electron chi connectivity index (χ3n) is 2.58. The summed E-state index contributed by atoms with van der Waals surface area (Å²) in [5.41, 5.74) is 2.49. The van der Waals surface area contributed by atoms with E-state index >= 15 is 0 Å². The standard InChI is InChI=1S/C15H15N3O2/c1-10-4-3-5-14(16-10)15(20)18-13-8-6-12(7-9-13)17-11(2)19/h3-9H,1-2H3,(H,17,19)(H,18,20). The molecule has 0 spiro atoms. The SMILES string of the molecule is CC(=O)Nc1ccc(NC(=O)c2cccc(C)n2)cc1.